The van der Waals surface area contributed by atoms with E-state index in [1.54, 1.807) is 31.2 Å². The summed E-state index contributed by atoms with van der Waals surface area (Å²) in [6, 6.07) is 6.90. The second kappa shape index (κ2) is 8.24. The van der Waals surface area contributed by atoms with E-state index in [0.29, 0.717) is 22.7 Å². The Labute approximate surface area is 162 Å². The van der Waals surface area contributed by atoms with E-state index in [9.17, 15) is 14.4 Å². The summed E-state index contributed by atoms with van der Waals surface area (Å²) >= 11 is 0. The summed E-state index contributed by atoms with van der Waals surface area (Å²) < 4.78 is 10.3. The van der Waals surface area contributed by atoms with Crippen LogP contribution in [-0.4, -0.2) is 35.6 Å². The number of benzene rings is 1. The summed E-state index contributed by atoms with van der Waals surface area (Å²) in [5.41, 5.74) is 1.39. The Bertz CT molecular complexity index is 899. The number of hydrogen-bond donors (Lipinski definition) is 2. The van der Waals surface area contributed by atoms with Gasteiger partial charge in [0.25, 0.3) is 11.8 Å². The van der Waals surface area contributed by atoms with E-state index >= 15 is 0 Å². The summed E-state index contributed by atoms with van der Waals surface area (Å²) in [7, 11) is 0. The minimum absolute atomic E-state index is 0.0468. The Balaban J connectivity index is 1.61. The molecule has 0 radical (unpaired) electrons. The first-order valence-electron chi connectivity index (χ1n) is 9.19. The molecule has 1 fully saturated rings. The number of ether oxygens (including phenoxy) is 1. The van der Waals surface area contributed by atoms with Crippen LogP contribution < -0.4 is 10.6 Å². The van der Waals surface area contributed by atoms with Gasteiger partial charge in [-0.1, -0.05) is 31.1 Å². The Kier molecular flexibility index (Phi) is 5.77. The van der Waals surface area contributed by atoms with Crippen molar-refractivity contribution in [2.24, 2.45) is 0 Å². The molecule has 1 aliphatic carbocycles. The number of rotatable bonds is 7. The van der Waals surface area contributed by atoms with Crippen molar-refractivity contribution in [2.45, 2.75) is 45.6 Å². The Morgan fingerprint density at radius 3 is 2.64 bits per heavy atom. The lowest BCUT2D eigenvalue weighted by atomic mass is 10.1. The van der Waals surface area contributed by atoms with Crippen molar-refractivity contribution in [3.05, 3.63) is 46.8 Å². The normalized spacial score (nSPS) is 13.3. The number of aromatic nitrogens is 1. The molecule has 1 aromatic carbocycles. The molecule has 0 unspecified atom stereocenters. The highest BCUT2D eigenvalue weighted by Gasteiger charge is 2.26. The van der Waals surface area contributed by atoms with Crippen molar-refractivity contribution < 1.29 is 23.6 Å². The molecule has 0 bridgehead atoms. The second-order valence-corrected chi connectivity index (χ2v) is 7.08. The number of aryl methyl sites for hydroxylation is 1. The van der Waals surface area contributed by atoms with E-state index < -0.39 is 18.5 Å². The van der Waals surface area contributed by atoms with Crippen LogP contribution in [0.5, 0.6) is 0 Å². The highest BCUT2D eigenvalue weighted by molar-refractivity contribution is 6.04. The lowest BCUT2D eigenvalue weighted by molar-refractivity contribution is -0.119. The van der Waals surface area contributed by atoms with Gasteiger partial charge in [-0.3, -0.25) is 9.59 Å². The van der Waals surface area contributed by atoms with Crippen LogP contribution in [0.3, 0.4) is 0 Å². The van der Waals surface area contributed by atoms with Crippen molar-refractivity contribution in [1.82, 2.24) is 10.5 Å². The van der Waals surface area contributed by atoms with Crippen molar-refractivity contribution in [2.75, 3.05) is 11.9 Å². The van der Waals surface area contributed by atoms with Gasteiger partial charge in [-0.25, -0.2) is 4.79 Å². The molecule has 2 N–H and O–H groups in total. The molecular weight excluding hydrogens is 362 g/mol. The lowest BCUT2D eigenvalue weighted by Gasteiger charge is -2.11. The quantitative estimate of drug-likeness (QED) is 0.709. The smallest absolute Gasteiger partial charge is 0.344 e. The fourth-order valence-corrected chi connectivity index (χ4v) is 2.70. The monoisotopic (exact) mass is 385 g/mol. The van der Waals surface area contributed by atoms with Gasteiger partial charge in [-0.2, -0.15) is 0 Å². The molecule has 0 saturated heterocycles. The second-order valence-electron chi connectivity index (χ2n) is 7.08. The maximum Gasteiger partial charge on any atom is 0.344 e. The molecule has 1 aromatic heterocycles. The zero-order valence-corrected chi connectivity index (χ0v) is 16.1. The standard InChI is InChI=1S/C20H23N3O5/c1-11(2)18-17(12(3)23-28-18)20(26)27-10-16(24)22-15-7-5-4-6-14(15)19(25)21-13-8-9-13/h4-7,11,13H,8-10H2,1-3H3,(H,21,25)(H,22,24). The van der Waals surface area contributed by atoms with E-state index in [0.717, 1.165) is 12.8 Å². The van der Waals surface area contributed by atoms with Gasteiger partial charge in [0.05, 0.1) is 16.9 Å². The summed E-state index contributed by atoms with van der Waals surface area (Å²) in [5.74, 6) is -1.07. The summed E-state index contributed by atoms with van der Waals surface area (Å²) in [6.45, 7) is 4.89. The largest absolute Gasteiger partial charge is 0.452 e. The zero-order valence-electron chi connectivity index (χ0n) is 16.1. The van der Waals surface area contributed by atoms with Crippen molar-refractivity contribution >= 4 is 23.5 Å². The number of anilines is 1. The average Bonchev–Trinajstić information content (AvgIpc) is 3.38. The van der Waals surface area contributed by atoms with Crippen LogP contribution >= 0.6 is 0 Å². The maximum atomic E-state index is 12.3. The summed E-state index contributed by atoms with van der Waals surface area (Å²) in [4.78, 5) is 36.9. The minimum Gasteiger partial charge on any atom is -0.452 e. The molecule has 148 valence electrons. The van der Waals surface area contributed by atoms with Crippen molar-refractivity contribution in [1.29, 1.82) is 0 Å². The molecule has 0 spiro atoms. The van der Waals surface area contributed by atoms with E-state index in [4.69, 9.17) is 9.26 Å². The highest BCUT2D eigenvalue weighted by atomic mass is 16.5. The van der Waals surface area contributed by atoms with Gasteiger partial charge in [0.2, 0.25) is 0 Å². The van der Waals surface area contributed by atoms with Gasteiger partial charge in [0.1, 0.15) is 5.56 Å². The fourth-order valence-electron chi connectivity index (χ4n) is 2.70. The third kappa shape index (κ3) is 4.57. The highest BCUT2D eigenvalue weighted by Crippen LogP contribution is 2.23. The predicted octanol–water partition coefficient (Wildman–Crippen LogP) is 2.79. The van der Waals surface area contributed by atoms with E-state index in [2.05, 4.69) is 15.8 Å². The molecular formula is C20H23N3O5. The molecule has 0 atom stereocenters. The zero-order chi connectivity index (χ0) is 20.3. The number of nitrogens with one attached hydrogen (secondary N) is 2. The average molecular weight is 385 g/mol. The van der Waals surface area contributed by atoms with Crippen LogP contribution in [-0.2, 0) is 9.53 Å². The van der Waals surface area contributed by atoms with Crippen LogP contribution in [0.2, 0.25) is 0 Å². The molecule has 3 rings (SSSR count). The first kappa shape index (κ1) is 19.6. The Morgan fingerprint density at radius 1 is 1.25 bits per heavy atom. The minimum atomic E-state index is -0.669. The molecule has 2 aromatic rings. The summed E-state index contributed by atoms with van der Waals surface area (Å²) in [6.07, 6.45) is 1.94. The van der Waals surface area contributed by atoms with Gasteiger partial charge in [-0.15, -0.1) is 0 Å². The molecule has 8 nitrogen and oxygen atoms in total. The number of hydrogen-bond acceptors (Lipinski definition) is 6. The van der Waals surface area contributed by atoms with Crippen LogP contribution in [0.25, 0.3) is 0 Å². The molecule has 1 aliphatic rings. The molecule has 0 aliphatic heterocycles. The third-order valence-corrected chi connectivity index (χ3v) is 4.31. The van der Waals surface area contributed by atoms with Crippen molar-refractivity contribution in [3.8, 4) is 0 Å². The van der Waals surface area contributed by atoms with Crippen molar-refractivity contribution in [3.63, 3.8) is 0 Å². The number of carbonyl (C=O) groups excluding carboxylic acids is 3. The number of carbonyl (C=O) groups is 3. The Hall–Kier alpha value is -3.16. The first-order chi connectivity index (χ1) is 13.4. The van der Waals surface area contributed by atoms with Crippen LogP contribution in [0.4, 0.5) is 5.69 Å². The number of para-hydroxylation sites is 1. The molecule has 8 heteroatoms. The predicted molar refractivity (Wildman–Crippen MR) is 101 cm³/mol. The van der Waals surface area contributed by atoms with Crippen LogP contribution in [0.15, 0.2) is 28.8 Å². The fraction of sp³-hybridized carbons (Fsp3) is 0.400. The van der Waals surface area contributed by atoms with Gasteiger partial charge >= 0.3 is 5.97 Å². The molecule has 1 saturated carbocycles. The third-order valence-electron chi connectivity index (χ3n) is 4.31. The first-order valence-corrected chi connectivity index (χ1v) is 9.19. The van der Waals surface area contributed by atoms with Gasteiger partial charge in [0.15, 0.2) is 12.4 Å². The molecule has 2 amide bonds. The topological polar surface area (TPSA) is 111 Å². The molecule has 28 heavy (non-hydrogen) atoms. The van der Waals surface area contributed by atoms with E-state index in [-0.39, 0.29) is 23.4 Å². The summed E-state index contributed by atoms with van der Waals surface area (Å²) in [5, 5.41) is 9.30. The SMILES string of the molecule is Cc1noc(C(C)C)c1C(=O)OCC(=O)Nc1ccccc1C(=O)NC1CC1. The lowest BCUT2D eigenvalue weighted by Crippen LogP contribution is -2.28. The number of esters is 1. The van der Waals surface area contributed by atoms with Gasteiger partial charge in [0, 0.05) is 12.0 Å². The van der Waals surface area contributed by atoms with Crippen LogP contribution in [0.1, 0.15) is 64.8 Å². The van der Waals surface area contributed by atoms with Gasteiger partial charge < -0.3 is 19.9 Å². The van der Waals surface area contributed by atoms with Gasteiger partial charge in [-0.05, 0) is 31.9 Å². The van der Waals surface area contributed by atoms with E-state index in [1.807, 2.05) is 13.8 Å². The van der Waals surface area contributed by atoms with E-state index in [1.165, 1.54) is 0 Å². The Morgan fingerprint density at radius 2 is 1.96 bits per heavy atom. The maximum absolute atomic E-state index is 12.3. The van der Waals surface area contributed by atoms with Crippen LogP contribution in [0, 0.1) is 6.92 Å². The number of nitrogens with zero attached hydrogens (tertiary/aromatic N) is 1. The molecule has 1 heterocycles. The number of amides is 2.